The fraction of sp³-hybridized carbons (Fsp3) is 0.385. The van der Waals surface area contributed by atoms with E-state index in [0.717, 1.165) is 50.1 Å². The van der Waals surface area contributed by atoms with Gasteiger partial charge < -0.3 is 5.11 Å². The summed E-state index contributed by atoms with van der Waals surface area (Å²) >= 11 is 0. The van der Waals surface area contributed by atoms with Crippen LogP contribution < -0.4 is 0 Å². The van der Waals surface area contributed by atoms with E-state index in [1.54, 1.807) is 12.4 Å². The maximum atomic E-state index is 14.2. The van der Waals surface area contributed by atoms with Gasteiger partial charge in [0.25, 0.3) is 0 Å². The van der Waals surface area contributed by atoms with Crippen molar-refractivity contribution in [1.82, 2.24) is 19.8 Å². The summed E-state index contributed by atoms with van der Waals surface area (Å²) < 4.78 is 14.2. The van der Waals surface area contributed by atoms with Crippen LogP contribution in [0.5, 0.6) is 0 Å². The fourth-order valence-corrected chi connectivity index (χ4v) is 5.41. The van der Waals surface area contributed by atoms with Crippen LogP contribution in [0, 0.1) is 5.82 Å². The van der Waals surface area contributed by atoms with Gasteiger partial charge in [-0.2, -0.15) is 0 Å². The van der Waals surface area contributed by atoms with E-state index < -0.39 is 0 Å². The fourth-order valence-electron chi connectivity index (χ4n) is 5.41. The predicted octanol–water partition coefficient (Wildman–Crippen LogP) is 3.71. The van der Waals surface area contributed by atoms with Gasteiger partial charge in [0.05, 0.1) is 6.61 Å². The Morgan fingerprint density at radius 1 is 0.969 bits per heavy atom. The van der Waals surface area contributed by atoms with Crippen LogP contribution in [0.3, 0.4) is 0 Å². The van der Waals surface area contributed by atoms with Gasteiger partial charge in [-0.05, 0) is 43.1 Å². The van der Waals surface area contributed by atoms with Crippen molar-refractivity contribution in [2.75, 3.05) is 26.2 Å². The average Bonchev–Trinajstić information content (AvgIpc) is 2.81. The topological polar surface area (TPSA) is 52.5 Å². The summed E-state index contributed by atoms with van der Waals surface area (Å²) in [5.74, 6) is 0.0612. The number of aliphatic hydroxyl groups excluding tert-OH is 1. The molecule has 0 spiro atoms. The minimum Gasteiger partial charge on any atom is -0.395 e. The SMILES string of the molecule is OC[C@@H]1[C@@H](c2ccc(-c3ccccc3F)cc2)[C@H]2CN(Cc3cncnc3)CCCCN12. The zero-order chi connectivity index (χ0) is 21.9. The maximum Gasteiger partial charge on any atom is 0.131 e. The van der Waals surface area contributed by atoms with E-state index in [4.69, 9.17) is 0 Å². The van der Waals surface area contributed by atoms with Crippen LogP contribution in [0.2, 0.25) is 0 Å². The number of hydrogen-bond donors (Lipinski definition) is 1. The van der Waals surface area contributed by atoms with Crippen LogP contribution in [0.4, 0.5) is 4.39 Å². The van der Waals surface area contributed by atoms with Crippen molar-refractivity contribution in [2.24, 2.45) is 0 Å². The maximum absolute atomic E-state index is 14.2. The van der Waals surface area contributed by atoms with Crippen molar-refractivity contribution >= 4 is 0 Å². The molecule has 0 bridgehead atoms. The average molecular weight is 433 g/mol. The number of aliphatic hydroxyl groups is 1. The highest BCUT2D eigenvalue weighted by Crippen LogP contribution is 2.42. The molecule has 0 radical (unpaired) electrons. The number of fused-ring (bicyclic) bond motifs is 1. The third-order valence-electron chi connectivity index (χ3n) is 6.95. The Balaban J connectivity index is 1.37. The van der Waals surface area contributed by atoms with Gasteiger partial charge in [-0.15, -0.1) is 0 Å². The molecule has 5 nitrogen and oxygen atoms in total. The van der Waals surface area contributed by atoms with Gasteiger partial charge in [0, 0.05) is 54.6 Å². The molecule has 2 aromatic carbocycles. The first-order valence-electron chi connectivity index (χ1n) is 11.4. The van der Waals surface area contributed by atoms with Gasteiger partial charge in [0.1, 0.15) is 12.1 Å². The van der Waals surface area contributed by atoms with Crippen molar-refractivity contribution in [3.8, 4) is 11.1 Å². The summed E-state index contributed by atoms with van der Waals surface area (Å²) in [5.41, 5.74) is 3.85. The van der Waals surface area contributed by atoms with Gasteiger partial charge in [-0.1, -0.05) is 42.5 Å². The summed E-state index contributed by atoms with van der Waals surface area (Å²) in [4.78, 5) is 13.3. The number of benzene rings is 2. The highest BCUT2D eigenvalue weighted by molar-refractivity contribution is 5.64. The zero-order valence-electron chi connectivity index (χ0n) is 18.1. The Labute approximate surface area is 188 Å². The number of halogens is 1. The van der Waals surface area contributed by atoms with Gasteiger partial charge in [0.15, 0.2) is 0 Å². The molecule has 2 aliphatic heterocycles. The van der Waals surface area contributed by atoms with E-state index in [1.807, 2.05) is 36.7 Å². The van der Waals surface area contributed by atoms with Gasteiger partial charge in [0.2, 0.25) is 0 Å². The standard InChI is InChI=1S/C26H29FN4O/c27-23-6-2-1-5-22(23)20-7-9-21(10-8-20)26-24-16-30(15-19-13-28-18-29-14-19)11-3-4-12-31(24)25(26)17-32/h1-2,5-10,13-14,18,24-26,32H,3-4,11-12,15-17H2/t24-,25-,26+/m1/s1. The second kappa shape index (κ2) is 9.45. The molecule has 0 aliphatic carbocycles. The highest BCUT2D eigenvalue weighted by atomic mass is 19.1. The molecule has 1 N–H and O–H groups in total. The van der Waals surface area contributed by atoms with Gasteiger partial charge in [-0.3, -0.25) is 9.80 Å². The lowest BCUT2D eigenvalue weighted by Crippen LogP contribution is -2.67. The number of aromatic nitrogens is 2. The first-order valence-corrected chi connectivity index (χ1v) is 11.4. The monoisotopic (exact) mass is 432 g/mol. The Morgan fingerprint density at radius 2 is 1.72 bits per heavy atom. The van der Waals surface area contributed by atoms with E-state index in [9.17, 15) is 9.50 Å². The predicted molar refractivity (Wildman–Crippen MR) is 122 cm³/mol. The molecule has 2 fully saturated rings. The highest BCUT2D eigenvalue weighted by Gasteiger charge is 2.49. The minimum absolute atomic E-state index is 0.138. The smallest absolute Gasteiger partial charge is 0.131 e. The zero-order valence-corrected chi connectivity index (χ0v) is 18.1. The number of rotatable bonds is 5. The van der Waals surface area contributed by atoms with E-state index in [2.05, 4.69) is 31.9 Å². The van der Waals surface area contributed by atoms with Crippen molar-refractivity contribution in [2.45, 2.75) is 37.4 Å². The van der Waals surface area contributed by atoms with Crippen LogP contribution in [0.1, 0.15) is 29.9 Å². The molecule has 3 heterocycles. The molecule has 6 heteroatoms. The Hall–Kier alpha value is -2.67. The molecule has 32 heavy (non-hydrogen) atoms. The number of hydrogen-bond acceptors (Lipinski definition) is 5. The third kappa shape index (κ3) is 4.18. The molecule has 5 rings (SSSR count). The van der Waals surface area contributed by atoms with Crippen molar-refractivity contribution in [3.05, 3.63) is 84.2 Å². The quantitative estimate of drug-likeness (QED) is 0.666. The summed E-state index contributed by atoms with van der Waals surface area (Å²) in [7, 11) is 0. The molecule has 166 valence electrons. The van der Waals surface area contributed by atoms with Crippen LogP contribution >= 0.6 is 0 Å². The summed E-state index contributed by atoms with van der Waals surface area (Å²) in [6, 6.07) is 15.6. The first kappa shape index (κ1) is 21.2. The molecular weight excluding hydrogens is 403 g/mol. The molecule has 1 aromatic heterocycles. The number of nitrogens with zero attached hydrogens (tertiary/aromatic N) is 4. The summed E-state index contributed by atoms with van der Waals surface area (Å²) in [6.45, 7) is 4.03. The lowest BCUT2D eigenvalue weighted by molar-refractivity contribution is -0.0655. The largest absolute Gasteiger partial charge is 0.395 e. The lowest BCUT2D eigenvalue weighted by Gasteiger charge is -2.57. The van der Waals surface area contributed by atoms with E-state index >= 15 is 0 Å². The molecular formula is C26H29FN4O. The Bertz CT molecular complexity index is 1030. The second-order valence-electron chi connectivity index (χ2n) is 8.87. The van der Waals surface area contributed by atoms with Crippen molar-refractivity contribution in [1.29, 1.82) is 0 Å². The van der Waals surface area contributed by atoms with Crippen LogP contribution in [0.25, 0.3) is 11.1 Å². The molecule has 2 aliphatic rings. The molecule has 3 aromatic rings. The Kier molecular flexibility index (Phi) is 6.26. The minimum atomic E-state index is -0.205. The van der Waals surface area contributed by atoms with E-state index in [-0.39, 0.29) is 24.4 Å². The molecule has 0 saturated carbocycles. The lowest BCUT2D eigenvalue weighted by atomic mass is 9.74. The van der Waals surface area contributed by atoms with E-state index in [0.29, 0.717) is 11.6 Å². The van der Waals surface area contributed by atoms with Crippen LogP contribution in [-0.2, 0) is 6.54 Å². The first-order chi connectivity index (χ1) is 15.7. The second-order valence-corrected chi connectivity index (χ2v) is 8.87. The van der Waals surface area contributed by atoms with Gasteiger partial charge in [-0.25, -0.2) is 14.4 Å². The van der Waals surface area contributed by atoms with Crippen molar-refractivity contribution < 1.29 is 9.50 Å². The van der Waals surface area contributed by atoms with Crippen LogP contribution in [-0.4, -0.2) is 63.2 Å². The molecule has 2 saturated heterocycles. The van der Waals surface area contributed by atoms with E-state index in [1.165, 1.54) is 11.6 Å². The van der Waals surface area contributed by atoms with Gasteiger partial charge >= 0.3 is 0 Å². The summed E-state index contributed by atoms with van der Waals surface area (Å²) in [5, 5.41) is 10.2. The molecule has 0 amide bonds. The third-order valence-corrected chi connectivity index (χ3v) is 6.95. The van der Waals surface area contributed by atoms with Crippen LogP contribution in [0.15, 0.2) is 67.3 Å². The van der Waals surface area contributed by atoms with Crippen molar-refractivity contribution in [3.63, 3.8) is 0 Å². The Morgan fingerprint density at radius 3 is 2.47 bits per heavy atom. The summed E-state index contributed by atoms with van der Waals surface area (Å²) in [6.07, 6.45) is 7.63. The molecule has 3 atom stereocenters. The normalized spacial score (nSPS) is 24.2. The molecule has 0 unspecified atom stereocenters.